The lowest BCUT2D eigenvalue weighted by molar-refractivity contribution is 0.0273. The molecule has 1 aromatic carbocycles. The van der Waals surface area contributed by atoms with Gasteiger partial charge in [-0.2, -0.15) is 0 Å². The fourth-order valence-corrected chi connectivity index (χ4v) is 3.49. The molecule has 104 valence electrons. The first kappa shape index (κ1) is 13.6. The topological polar surface area (TPSA) is 34.2 Å². The summed E-state index contributed by atoms with van der Waals surface area (Å²) in [6.45, 7) is 2.60. The van der Waals surface area contributed by atoms with Gasteiger partial charge < -0.3 is 10.1 Å². The van der Waals surface area contributed by atoms with Gasteiger partial charge in [-0.15, -0.1) is 0 Å². The molecule has 2 aromatic rings. The lowest BCUT2D eigenvalue weighted by Crippen LogP contribution is -2.41. The second-order valence-corrected chi connectivity index (χ2v) is 5.89. The number of hydrogen-bond acceptors (Lipinski definition) is 4. The van der Waals surface area contributed by atoms with Crippen LogP contribution < -0.4 is 5.32 Å². The first-order valence-electron chi connectivity index (χ1n) is 6.88. The van der Waals surface area contributed by atoms with Crippen molar-refractivity contribution < 1.29 is 4.74 Å². The Labute approximate surface area is 123 Å². The molecule has 1 unspecified atom stereocenters. The molecule has 2 heterocycles. The summed E-state index contributed by atoms with van der Waals surface area (Å²) in [5.41, 5.74) is 1.29. The average Bonchev–Trinajstić information content (AvgIpc) is 2.55. The second-order valence-electron chi connectivity index (χ2n) is 4.73. The number of nitrogens with zero attached hydrogens (tertiary/aromatic N) is 1. The zero-order valence-corrected chi connectivity index (χ0v) is 12.1. The molecule has 0 spiro atoms. The normalized spacial score (nSPS) is 20.5. The van der Waals surface area contributed by atoms with E-state index < -0.39 is 0 Å². The van der Waals surface area contributed by atoms with Crippen molar-refractivity contribution in [1.82, 2.24) is 10.3 Å². The van der Waals surface area contributed by atoms with Gasteiger partial charge in [-0.25, -0.2) is 4.98 Å². The summed E-state index contributed by atoms with van der Waals surface area (Å²) in [4.78, 5) is 4.43. The van der Waals surface area contributed by atoms with Gasteiger partial charge in [-0.05, 0) is 17.7 Å². The Hall–Kier alpha value is -1.36. The Morgan fingerprint density at radius 2 is 2.00 bits per heavy atom. The van der Waals surface area contributed by atoms with Crippen LogP contribution in [0.4, 0.5) is 0 Å². The number of ether oxygens (including phenoxy) is 1. The smallest absolute Gasteiger partial charge is 0.0966 e. The van der Waals surface area contributed by atoms with Crippen molar-refractivity contribution in [2.45, 2.75) is 16.4 Å². The third kappa shape index (κ3) is 3.39. The number of nitrogens with one attached hydrogen (secondary N) is 1. The fourth-order valence-electron chi connectivity index (χ4n) is 2.33. The number of rotatable bonds is 4. The molecule has 3 rings (SSSR count). The quantitative estimate of drug-likeness (QED) is 0.876. The van der Waals surface area contributed by atoms with E-state index in [-0.39, 0.29) is 11.4 Å². The second kappa shape index (κ2) is 6.88. The third-order valence-electron chi connectivity index (χ3n) is 3.31. The Morgan fingerprint density at radius 1 is 1.15 bits per heavy atom. The minimum absolute atomic E-state index is 0.179. The Bertz CT molecular complexity index is 515. The predicted molar refractivity (Wildman–Crippen MR) is 81.9 cm³/mol. The number of pyridine rings is 1. The van der Waals surface area contributed by atoms with Crippen molar-refractivity contribution in [3.05, 3.63) is 60.3 Å². The minimum Gasteiger partial charge on any atom is -0.374 e. The van der Waals surface area contributed by atoms with Crippen molar-refractivity contribution in [2.75, 3.05) is 19.7 Å². The van der Waals surface area contributed by atoms with Gasteiger partial charge in [0.2, 0.25) is 0 Å². The molecule has 0 saturated carbocycles. The molecule has 0 radical (unpaired) electrons. The predicted octanol–water partition coefficient (Wildman–Crippen LogP) is 2.90. The Morgan fingerprint density at radius 3 is 2.70 bits per heavy atom. The standard InChI is InChI=1S/C16H18N2OS/c1-2-6-13(7-3-1)16(14-12-17-10-11-19-14)20-15-8-4-5-9-18-15/h1-9,14,16-17H,10-12H2/t14-,16?/m0/s1. The van der Waals surface area contributed by atoms with Crippen LogP contribution in [-0.4, -0.2) is 30.8 Å². The van der Waals surface area contributed by atoms with E-state index >= 15 is 0 Å². The van der Waals surface area contributed by atoms with Crippen LogP contribution in [0.1, 0.15) is 10.8 Å². The van der Waals surface area contributed by atoms with Crippen LogP contribution in [0.25, 0.3) is 0 Å². The van der Waals surface area contributed by atoms with Gasteiger partial charge in [0.15, 0.2) is 0 Å². The van der Waals surface area contributed by atoms with Crippen LogP contribution in [0.3, 0.4) is 0 Å². The van der Waals surface area contributed by atoms with E-state index in [9.17, 15) is 0 Å². The van der Waals surface area contributed by atoms with Crippen LogP contribution in [0, 0.1) is 0 Å². The highest BCUT2D eigenvalue weighted by atomic mass is 32.2. The van der Waals surface area contributed by atoms with Gasteiger partial charge in [0.05, 0.1) is 23.0 Å². The van der Waals surface area contributed by atoms with Crippen LogP contribution >= 0.6 is 11.8 Å². The molecule has 0 aliphatic carbocycles. The maximum absolute atomic E-state index is 5.96. The average molecular weight is 286 g/mol. The summed E-state index contributed by atoms with van der Waals surface area (Å²) in [5, 5.41) is 4.71. The van der Waals surface area contributed by atoms with Crippen LogP contribution in [-0.2, 0) is 4.74 Å². The van der Waals surface area contributed by atoms with Gasteiger partial charge in [0.1, 0.15) is 0 Å². The molecule has 20 heavy (non-hydrogen) atoms. The highest BCUT2D eigenvalue weighted by Crippen LogP contribution is 2.38. The zero-order valence-electron chi connectivity index (χ0n) is 11.2. The first-order chi connectivity index (χ1) is 9.93. The molecule has 1 saturated heterocycles. The molecule has 3 nitrogen and oxygen atoms in total. The van der Waals surface area contributed by atoms with E-state index in [1.807, 2.05) is 24.4 Å². The number of thioether (sulfide) groups is 1. The van der Waals surface area contributed by atoms with Gasteiger partial charge in [0, 0.05) is 19.3 Å². The lowest BCUT2D eigenvalue weighted by atomic mass is 10.1. The van der Waals surface area contributed by atoms with Crippen molar-refractivity contribution >= 4 is 11.8 Å². The zero-order chi connectivity index (χ0) is 13.6. The van der Waals surface area contributed by atoms with Crippen molar-refractivity contribution in [3.63, 3.8) is 0 Å². The highest BCUT2D eigenvalue weighted by molar-refractivity contribution is 7.99. The molecule has 2 atom stereocenters. The molecule has 1 aliphatic heterocycles. The number of benzene rings is 1. The summed E-state index contributed by atoms with van der Waals surface area (Å²) in [6.07, 6.45) is 2.02. The summed E-state index contributed by atoms with van der Waals surface area (Å²) in [5.74, 6) is 0. The van der Waals surface area contributed by atoms with Gasteiger partial charge in [-0.1, -0.05) is 48.2 Å². The maximum Gasteiger partial charge on any atom is 0.0966 e. The van der Waals surface area contributed by atoms with Gasteiger partial charge in [-0.3, -0.25) is 0 Å². The van der Waals surface area contributed by atoms with E-state index in [2.05, 4.69) is 40.6 Å². The number of hydrogen-bond donors (Lipinski definition) is 1. The van der Waals surface area contributed by atoms with Crippen molar-refractivity contribution in [2.24, 2.45) is 0 Å². The molecular formula is C16H18N2OS. The summed E-state index contributed by atoms with van der Waals surface area (Å²) < 4.78 is 5.96. The van der Waals surface area contributed by atoms with Gasteiger partial charge in [0.25, 0.3) is 0 Å². The summed E-state index contributed by atoms with van der Waals surface area (Å²) in [6, 6.07) is 16.6. The van der Waals surface area contributed by atoms with E-state index in [0.717, 1.165) is 24.7 Å². The van der Waals surface area contributed by atoms with Crippen molar-refractivity contribution in [3.8, 4) is 0 Å². The van der Waals surface area contributed by atoms with E-state index in [0.29, 0.717) is 0 Å². The van der Waals surface area contributed by atoms with Crippen LogP contribution in [0.5, 0.6) is 0 Å². The SMILES string of the molecule is c1ccc(C(Sc2ccccn2)[C@@H]2CNCCO2)cc1. The number of aromatic nitrogens is 1. The Kier molecular flexibility index (Phi) is 4.69. The Balaban J connectivity index is 1.83. The highest BCUT2D eigenvalue weighted by Gasteiger charge is 2.27. The maximum atomic E-state index is 5.96. The molecule has 0 amide bonds. The molecule has 1 aliphatic rings. The molecule has 1 aromatic heterocycles. The van der Waals surface area contributed by atoms with Crippen LogP contribution in [0.15, 0.2) is 59.8 Å². The van der Waals surface area contributed by atoms with Crippen LogP contribution in [0.2, 0.25) is 0 Å². The van der Waals surface area contributed by atoms with Gasteiger partial charge >= 0.3 is 0 Å². The first-order valence-corrected chi connectivity index (χ1v) is 7.76. The molecule has 1 N–H and O–H groups in total. The fraction of sp³-hybridized carbons (Fsp3) is 0.312. The number of morpholine rings is 1. The molecular weight excluding hydrogens is 268 g/mol. The minimum atomic E-state index is 0.179. The largest absolute Gasteiger partial charge is 0.374 e. The molecule has 0 bridgehead atoms. The third-order valence-corrected chi connectivity index (χ3v) is 4.62. The monoisotopic (exact) mass is 286 g/mol. The van der Waals surface area contributed by atoms with E-state index in [4.69, 9.17) is 4.74 Å². The van der Waals surface area contributed by atoms with E-state index in [1.54, 1.807) is 11.8 Å². The summed E-state index contributed by atoms with van der Waals surface area (Å²) in [7, 11) is 0. The van der Waals surface area contributed by atoms with E-state index in [1.165, 1.54) is 5.56 Å². The lowest BCUT2D eigenvalue weighted by Gasteiger charge is -2.30. The molecule has 4 heteroatoms. The summed E-state index contributed by atoms with van der Waals surface area (Å²) >= 11 is 1.77. The van der Waals surface area contributed by atoms with Crippen molar-refractivity contribution in [1.29, 1.82) is 0 Å². The molecule has 1 fully saturated rings.